The lowest BCUT2D eigenvalue weighted by molar-refractivity contribution is -0.143. The molecule has 0 saturated carbocycles. The standard InChI is InChI=1S/C30H33F9N6O2/c1-5-18-13-22-24(9-8-10-44(27(46)47-21(6-2)7-3)25(22)15-23(18)30(37,38)39)45(26-40-42-43(4)41-26)16-17-11-19(28(31,32)33)14-20(12-17)29(34,35)36/h11-15,21,24H,5-10,16H2,1-4H3. The number of amides is 1. The Kier molecular flexibility index (Phi) is 10.3. The van der Waals surface area contributed by atoms with Gasteiger partial charge in [-0.1, -0.05) is 31.9 Å². The first-order chi connectivity index (χ1) is 21.9. The van der Waals surface area contributed by atoms with Crippen LogP contribution in [0.15, 0.2) is 30.3 Å². The second kappa shape index (κ2) is 13.6. The van der Waals surface area contributed by atoms with Crippen molar-refractivity contribution in [2.75, 3.05) is 16.3 Å². The number of halogens is 9. The Labute approximate surface area is 264 Å². The van der Waals surface area contributed by atoms with E-state index in [9.17, 15) is 44.3 Å². The van der Waals surface area contributed by atoms with Crippen molar-refractivity contribution in [3.63, 3.8) is 0 Å². The van der Waals surface area contributed by atoms with E-state index in [0.29, 0.717) is 25.0 Å². The minimum absolute atomic E-state index is 0.00487. The molecule has 1 aliphatic heterocycles. The van der Waals surface area contributed by atoms with E-state index in [-0.39, 0.29) is 54.6 Å². The SMILES string of the molecule is CCc1cc2c(cc1C(F)(F)F)N(C(=O)OC(CC)CC)CCCC2N(Cc1cc(C(F)(F)F)cc(C(F)(F)F)c1)c1nnn(C)n1. The molecule has 2 heterocycles. The maximum Gasteiger partial charge on any atom is 0.416 e. The normalized spacial score (nSPS) is 15.9. The molecule has 8 nitrogen and oxygen atoms in total. The summed E-state index contributed by atoms with van der Waals surface area (Å²) >= 11 is 0. The zero-order valence-corrected chi connectivity index (χ0v) is 25.9. The summed E-state index contributed by atoms with van der Waals surface area (Å²) in [5.74, 6) is -0.194. The summed E-state index contributed by atoms with van der Waals surface area (Å²) in [6.07, 6.45) is -15.3. The smallest absolute Gasteiger partial charge is 0.416 e. The molecule has 1 aliphatic rings. The van der Waals surface area contributed by atoms with E-state index in [1.807, 2.05) is 0 Å². The highest BCUT2D eigenvalue weighted by Crippen LogP contribution is 2.45. The van der Waals surface area contributed by atoms with E-state index in [4.69, 9.17) is 4.74 Å². The Morgan fingerprint density at radius 1 is 0.936 bits per heavy atom. The largest absolute Gasteiger partial charge is 0.446 e. The summed E-state index contributed by atoms with van der Waals surface area (Å²) < 4.78 is 131. The van der Waals surface area contributed by atoms with E-state index < -0.39 is 65.6 Å². The van der Waals surface area contributed by atoms with Gasteiger partial charge in [0.2, 0.25) is 0 Å². The Balaban J connectivity index is 1.94. The summed E-state index contributed by atoms with van der Waals surface area (Å²) in [6.45, 7) is 4.39. The predicted molar refractivity (Wildman–Crippen MR) is 152 cm³/mol. The fourth-order valence-electron chi connectivity index (χ4n) is 5.62. The highest BCUT2D eigenvalue weighted by molar-refractivity contribution is 5.89. The number of ether oxygens (including phenoxy) is 1. The number of aryl methyl sites for hydroxylation is 2. The van der Waals surface area contributed by atoms with Gasteiger partial charge < -0.3 is 9.64 Å². The number of hydrogen-bond acceptors (Lipinski definition) is 6. The summed E-state index contributed by atoms with van der Waals surface area (Å²) in [5, 5.41) is 11.8. The Morgan fingerprint density at radius 2 is 1.55 bits per heavy atom. The predicted octanol–water partition coefficient (Wildman–Crippen LogP) is 8.50. The van der Waals surface area contributed by atoms with E-state index in [2.05, 4.69) is 15.4 Å². The number of aromatic nitrogens is 4. The van der Waals surface area contributed by atoms with Gasteiger partial charge in [-0.25, -0.2) is 4.79 Å². The van der Waals surface area contributed by atoms with E-state index in [0.717, 1.165) is 15.8 Å². The maximum absolute atomic E-state index is 14.3. The van der Waals surface area contributed by atoms with E-state index in [1.165, 1.54) is 24.9 Å². The topological polar surface area (TPSA) is 76.4 Å². The maximum atomic E-state index is 14.3. The minimum Gasteiger partial charge on any atom is -0.446 e. The van der Waals surface area contributed by atoms with Gasteiger partial charge in [-0.3, -0.25) is 4.90 Å². The van der Waals surface area contributed by atoms with Crippen molar-refractivity contribution >= 4 is 17.7 Å². The lowest BCUT2D eigenvalue weighted by Gasteiger charge is -2.33. The van der Waals surface area contributed by atoms with Crippen LogP contribution in [-0.4, -0.2) is 38.9 Å². The Morgan fingerprint density at radius 3 is 2.04 bits per heavy atom. The van der Waals surface area contributed by atoms with Crippen molar-refractivity contribution in [2.45, 2.75) is 90.1 Å². The van der Waals surface area contributed by atoms with Crippen LogP contribution in [0.5, 0.6) is 0 Å². The Bertz CT molecular complexity index is 1530. The van der Waals surface area contributed by atoms with Gasteiger partial charge in [0.1, 0.15) is 6.10 Å². The number of benzene rings is 2. The molecular weight excluding hydrogens is 647 g/mol. The van der Waals surface area contributed by atoms with Crippen LogP contribution in [0.3, 0.4) is 0 Å². The number of tetrazole rings is 1. The first-order valence-corrected chi connectivity index (χ1v) is 14.9. The lowest BCUT2D eigenvalue weighted by atomic mass is 9.93. The van der Waals surface area contributed by atoms with Crippen molar-refractivity contribution in [3.8, 4) is 0 Å². The van der Waals surface area contributed by atoms with Gasteiger partial charge in [0, 0.05) is 13.1 Å². The molecule has 0 aliphatic carbocycles. The van der Waals surface area contributed by atoms with Crippen molar-refractivity contribution in [1.29, 1.82) is 0 Å². The zero-order valence-electron chi connectivity index (χ0n) is 25.9. The average molecular weight is 681 g/mol. The highest BCUT2D eigenvalue weighted by Gasteiger charge is 2.40. The number of nitrogens with zero attached hydrogens (tertiary/aromatic N) is 6. The molecule has 0 fully saturated rings. The quantitative estimate of drug-likeness (QED) is 0.222. The van der Waals surface area contributed by atoms with Gasteiger partial charge in [-0.15, -0.1) is 5.10 Å². The molecular formula is C30H33F9N6O2. The first-order valence-electron chi connectivity index (χ1n) is 14.9. The van der Waals surface area contributed by atoms with Crippen LogP contribution in [0.1, 0.15) is 85.9 Å². The molecule has 1 unspecified atom stereocenters. The van der Waals surface area contributed by atoms with Gasteiger partial charge in [0.05, 0.1) is 35.5 Å². The van der Waals surface area contributed by atoms with E-state index in [1.54, 1.807) is 13.8 Å². The van der Waals surface area contributed by atoms with Crippen LogP contribution in [0.2, 0.25) is 0 Å². The van der Waals surface area contributed by atoms with Gasteiger partial charge in [-0.2, -0.15) is 44.3 Å². The van der Waals surface area contributed by atoms with Gasteiger partial charge >= 0.3 is 24.6 Å². The lowest BCUT2D eigenvalue weighted by Crippen LogP contribution is -2.35. The molecule has 0 N–H and O–H groups in total. The van der Waals surface area contributed by atoms with Crippen LogP contribution in [0.4, 0.5) is 55.9 Å². The fourth-order valence-corrected chi connectivity index (χ4v) is 5.62. The Hall–Kier alpha value is -4.05. The number of carbonyl (C=O) groups excluding carboxylic acids is 1. The number of hydrogen-bond donors (Lipinski definition) is 0. The second-order valence-electron chi connectivity index (χ2n) is 11.2. The van der Waals surface area contributed by atoms with Crippen molar-refractivity contribution in [3.05, 3.63) is 63.7 Å². The summed E-state index contributed by atoms with van der Waals surface area (Å²) in [5.41, 5.74) is -4.56. The van der Waals surface area contributed by atoms with Crippen LogP contribution in [-0.2, 0) is 43.3 Å². The molecule has 1 atom stereocenters. The highest BCUT2D eigenvalue weighted by atomic mass is 19.4. The number of fused-ring (bicyclic) bond motifs is 1. The van der Waals surface area contributed by atoms with Gasteiger partial charge in [0.15, 0.2) is 0 Å². The second-order valence-corrected chi connectivity index (χ2v) is 11.2. The number of anilines is 2. The number of carbonyl (C=O) groups is 1. The molecule has 0 saturated heterocycles. The molecule has 3 aromatic rings. The molecule has 258 valence electrons. The minimum atomic E-state index is -5.11. The average Bonchev–Trinajstić information content (AvgIpc) is 3.33. The fraction of sp³-hybridized carbons (Fsp3) is 0.533. The third-order valence-electron chi connectivity index (χ3n) is 7.98. The van der Waals surface area contributed by atoms with E-state index >= 15 is 0 Å². The third kappa shape index (κ3) is 8.09. The van der Waals surface area contributed by atoms with Crippen molar-refractivity contribution in [2.24, 2.45) is 7.05 Å². The van der Waals surface area contributed by atoms with Crippen LogP contribution in [0.25, 0.3) is 0 Å². The van der Waals surface area contributed by atoms with Crippen molar-refractivity contribution < 1.29 is 49.0 Å². The molecule has 1 amide bonds. The third-order valence-corrected chi connectivity index (χ3v) is 7.98. The van der Waals surface area contributed by atoms with Crippen LogP contribution < -0.4 is 9.80 Å². The first kappa shape index (κ1) is 35.8. The number of rotatable bonds is 8. The molecule has 0 spiro atoms. The molecule has 2 aromatic carbocycles. The van der Waals surface area contributed by atoms with Gasteiger partial charge in [-0.05, 0) is 78.3 Å². The molecule has 1 aromatic heterocycles. The molecule has 0 bridgehead atoms. The van der Waals surface area contributed by atoms with Crippen LogP contribution in [0, 0.1) is 0 Å². The molecule has 47 heavy (non-hydrogen) atoms. The summed E-state index contributed by atoms with van der Waals surface area (Å²) in [7, 11) is 1.39. The van der Waals surface area contributed by atoms with Gasteiger partial charge in [0.25, 0.3) is 5.95 Å². The number of alkyl halides is 9. The summed E-state index contributed by atoms with van der Waals surface area (Å²) in [6, 6.07) is 2.25. The molecule has 0 radical (unpaired) electrons. The molecule has 4 rings (SSSR count). The zero-order chi connectivity index (χ0) is 34.9. The molecule has 17 heteroatoms. The summed E-state index contributed by atoms with van der Waals surface area (Å²) in [4.78, 5) is 16.8. The van der Waals surface area contributed by atoms with Crippen molar-refractivity contribution in [1.82, 2.24) is 20.2 Å². The van der Waals surface area contributed by atoms with Crippen LogP contribution >= 0.6 is 0 Å². The monoisotopic (exact) mass is 680 g/mol.